The number of rotatable bonds is 10. The quantitative estimate of drug-likeness (QED) is 0.341. The first-order chi connectivity index (χ1) is 15.8. The van der Waals surface area contributed by atoms with Gasteiger partial charge in [-0.05, 0) is 61.9 Å². The zero-order valence-electron chi connectivity index (χ0n) is 19.4. The average molecular weight is 468 g/mol. The first kappa shape index (κ1) is 24.5. The van der Waals surface area contributed by atoms with Crippen molar-refractivity contribution in [3.8, 4) is 17.4 Å². The van der Waals surface area contributed by atoms with E-state index in [4.69, 9.17) is 9.15 Å². The van der Waals surface area contributed by atoms with Crippen molar-refractivity contribution >= 4 is 32.1 Å². The van der Waals surface area contributed by atoms with Gasteiger partial charge in [-0.2, -0.15) is 5.26 Å². The van der Waals surface area contributed by atoms with Crippen LogP contribution >= 0.6 is 0 Å². The van der Waals surface area contributed by atoms with Crippen molar-refractivity contribution in [3.63, 3.8) is 0 Å². The third-order valence-corrected chi connectivity index (χ3v) is 7.04. The van der Waals surface area contributed by atoms with Crippen molar-refractivity contribution < 1.29 is 17.6 Å². The van der Waals surface area contributed by atoms with E-state index in [1.54, 1.807) is 25.1 Å². The molecule has 0 aliphatic carbocycles. The van der Waals surface area contributed by atoms with Crippen LogP contribution in [0.3, 0.4) is 0 Å². The van der Waals surface area contributed by atoms with Crippen LogP contribution in [-0.2, 0) is 14.8 Å². The summed E-state index contributed by atoms with van der Waals surface area (Å²) in [5.41, 5.74) is 2.31. The number of sulfonamides is 1. The molecule has 33 heavy (non-hydrogen) atoms. The normalized spacial score (nSPS) is 12.5. The molecule has 0 aliphatic rings. The number of benzene rings is 2. The molecule has 0 fully saturated rings. The molecule has 0 radical (unpaired) electrons. The topological polar surface area (TPSA) is 95.6 Å². The number of allylic oxidation sites excluding steroid dienone is 2. The average Bonchev–Trinajstić information content (AvgIpc) is 3.30. The maximum Gasteiger partial charge on any atom is 0.251 e. The number of fused-ring (bicyclic) bond motifs is 1. The maximum absolute atomic E-state index is 12.5. The van der Waals surface area contributed by atoms with Crippen LogP contribution in [0.15, 0.2) is 57.9 Å². The van der Waals surface area contributed by atoms with Crippen LogP contribution < -0.4 is 9.62 Å². The molecule has 0 saturated carbocycles. The van der Waals surface area contributed by atoms with E-state index in [-0.39, 0.29) is 23.6 Å². The fraction of sp³-hybridized carbons (Fsp3) is 0.320. The lowest BCUT2D eigenvalue weighted by molar-refractivity contribution is 0.204. The molecule has 0 atom stereocenters. The largest absolute Gasteiger partial charge is 0.456 e. The van der Waals surface area contributed by atoms with Crippen LogP contribution in [0, 0.1) is 11.3 Å². The van der Waals surface area contributed by atoms with Crippen LogP contribution in [0.1, 0.15) is 26.5 Å². The maximum atomic E-state index is 12.5. The number of anilines is 1. The van der Waals surface area contributed by atoms with Gasteiger partial charge in [0.25, 0.3) is 10.0 Å². The summed E-state index contributed by atoms with van der Waals surface area (Å²) in [5, 5.41) is 11.7. The van der Waals surface area contributed by atoms with Gasteiger partial charge in [-0.15, -0.1) is 0 Å². The van der Waals surface area contributed by atoms with E-state index in [0.717, 1.165) is 29.4 Å². The number of nitriles is 1. The number of nitrogens with zero attached hydrogens (tertiary/aromatic N) is 2. The van der Waals surface area contributed by atoms with Crippen molar-refractivity contribution in [3.05, 3.63) is 59.2 Å². The van der Waals surface area contributed by atoms with Crippen LogP contribution in [0.2, 0.25) is 0 Å². The zero-order chi connectivity index (χ0) is 24.0. The van der Waals surface area contributed by atoms with Crippen molar-refractivity contribution in [2.45, 2.75) is 20.8 Å². The Morgan fingerprint density at radius 2 is 1.79 bits per heavy atom. The number of hydrogen-bond acceptors (Lipinski definition) is 6. The SMILES string of the molecule is CCN(CC)c1ccc2cc(-c3ccc(/C(C)=C(\C#N)S(=O)(=O)NCCOC)o3)ccc2c1. The van der Waals surface area contributed by atoms with E-state index < -0.39 is 10.0 Å². The summed E-state index contributed by atoms with van der Waals surface area (Å²) in [5.74, 6) is 0.928. The highest BCUT2D eigenvalue weighted by Crippen LogP contribution is 2.31. The van der Waals surface area contributed by atoms with Crippen LogP contribution in [0.4, 0.5) is 5.69 Å². The van der Waals surface area contributed by atoms with Gasteiger partial charge in [0, 0.05) is 43.6 Å². The first-order valence-electron chi connectivity index (χ1n) is 10.8. The molecule has 0 amide bonds. The summed E-state index contributed by atoms with van der Waals surface area (Å²) in [6.45, 7) is 8.02. The molecule has 0 saturated heterocycles. The molecule has 1 heterocycles. The highest BCUT2D eigenvalue weighted by Gasteiger charge is 2.22. The van der Waals surface area contributed by atoms with E-state index in [9.17, 15) is 13.7 Å². The minimum atomic E-state index is -3.97. The van der Waals surface area contributed by atoms with E-state index in [0.29, 0.717) is 11.5 Å². The summed E-state index contributed by atoms with van der Waals surface area (Å²) in [6.07, 6.45) is 0. The fourth-order valence-corrected chi connectivity index (χ4v) is 4.79. The van der Waals surface area contributed by atoms with Gasteiger partial charge in [-0.1, -0.05) is 18.2 Å². The van der Waals surface area contributed by atoms with E-state index in [2.05, 4.69) is 41.7 Å². The fourth-order valence-electron chi connectivity index (χ4n) is 3.67. The molecule has 2 aromatic carbocycles. The molecule has 3 aromatic rings. The van der Waals surface area contributed by atoms with Gasteiger partial charge in [0.05, 0.1) is 6.61 Å². The Labute approximate surface area is 195 Å². The number of ether oxygens (including phenoxy) is 1. The Balaban J connectivity index is 1.92. The predicted octanol–water partition coefficient (Wildman–Crippen LogP) is 4.77. The Bertz CT molecular complexity index is 1300. The Morgan fingerprint density at radius 1 is 1.09 bits per heavy atom. The molecule has 0 bridgehead atoms. The van der Waals surface area contributed by atoms with Gasteiger partial charge in [0.15, 0.2) is 4.91 Å². The van der Waals surface area contributed by atoms with E-state index in [1.807, 2.05) is 18.2 Å². The minimum Gasteiger partial charge on any atom is -0.456 e. The molecule has 0 unspecified atom stereocenters. The molecular weight excluding hydrogens is 438 g/mol. The third kappa shape index (κ3) is 5.45. The number of nitrogens with one attached hydrogen (secondary N) is 1. The molecule has 8 heteroatoms. The number of furan rings is 1. The second-order valence-electron chi connectivity index (χ2n) is 7.54. The molecular formula is C25H29N3O4S. The summed E-state index contributed by atoms with van der Waals surface area (Å²) in [7, 11) is -2.49. The van der Waals surface area contributed by atoms with Gasteiger partial charge < -0.3 is 14.1 Å². The van der Waals surface area contributed by atoms with E-state index in [1.165, 1.54) is 12.8 Å². The van der Waals surface area contributed by atoms with E-state index >= 15 is 0 Å². The molecule has 0 aliphatic heterocycles. The molecule has 7 nitrogen and oxygen atoms in total. The molecule has 1 N–H and O–H groups in total. The lowest BCUT2D eigenvalue weighted by Crippen LogP contribution is -2.28. The lowest BCUT2D eigenvalue weighted by Gasteiger charge is -2.21. The Kier molecular flexibility index (Phi) is 7.92. The molecule has 1 aromatic heterocycles. The van der Waals surface area contributed by atoms with Gasteiger partial charge in [0.1, 0.15) is 17.6 Å². The zero-order valence-corrected chi connectivity index (χ0v) is 20.2. The smallest absolute Gasteiger partial charge is 0.251 e. The van der Waals surface area contributed by atoms with Crippen molar-refractivity contribution in [1.29, 1.82) is 5.26 Å². The van der Waals surface area contributed by atoms with Crippen LogP contribution in [0.5, 0.6) is 0 Å². The summed E-state index contributed by atoms with van der Waals surface area (Å²) in [6, 6.07) is 17.7. The van der Waals surface area contributed by atoms with Gasteiger partial charge in [-0.25, -0.2) is 13.1 Å². The summed E-state index contributed by atoms with van der Waals surface area (Å²) in [4.78, 5) is 1.92. The molecule has 174 valence electrons. The molecule has 3 rings (SSSR count). The second-order valence-corrected chi connectivity index (χ2v) is 9.24. The Morgan fingerprint density at radius 3 is 2.45 bits per heavy atom. The molecule has 0 spiro atoms. The summed E-state index contributed by atoms with van der Waals surface area (Å²) < 4.78 is 38.2. The third-order valence-electron chi connectivity index (χ3n) is 5.52. The van der Waals surface area contributed by atoms with Gasteiger partial charge in [0.2, 0.25) is 0 Å². The highest BCUT2D eigenvalue weighted by molar-refractivity contribution is 7.93. The van der Waals surface area contributed by atoms with Crippen molar-refractivity contribution in [2.24, 2.45) is 0 Å². The number of hydrogen-bond donors (Lipinski definition) is 1. The first-order valence-corrected chi connectivity index (χ1v) is 12.3. The second kappa shape index (κ2) is 10.7. The Hall–Kier alpha value is -3.12. The summed E-state index contributed by atoms with van der Waals surface area (Å²) >= 11 is 0. The van der Waals surface area contributed by atoms with Gasteiger partial charge in [-0.3, -0.25) is 0 Å². The minimum absolute atomic E-state index is 0.0772. The predicted molar refractivity (Wildman–Crippen MR) is 132 cm³/mol. The van der Waals surface area contributed by atoms with Crippen molar-refractivity contribution in [1.82, 2.24) is 4.72 Å². The van der Waals surface area contributed by atoms with Gasteiger partial charge >= 0.3 is 0 Å². The van der Waals surface area contributed by atoms with Crippen LogP contribution in [-0.4, -0.2) is 41.8 Å². The highest BCUT2D eigenvalue weighted by atomic mass is 32.2. The standard InChI is InChI=1S/C25H29N3O4S/c1-5-28(6-2)22-10-9-19-15-21(8-7-20(19)16-22)24-12-11-23(32-24)18(3)25(17-26)33(29,30)27-13-14-31-4/h7-12,15-16,27H,5-6,13-14H2,1-4H3/b25-18+. The van der Waals surface area contributed by atoms with Crippen molar-refractivity contribution in [2.75, 3.05) is 38.3 Å². The lowest BCUT2D eigenvalue weighted by atomic mass is 10.0. The van der Waals surface area contributed by atoms with Crippen LogP contribution in [0.25, 0.3) is 27.7 Å². The number of methoxy groups -OCH3 is 1. The monoisotopic (exact) mass is 467 g/mol.